The summed E-state index contributed by atoms with van der Waals surface area (Å²) in [5.74, 6) is 0.528. The summed E-state index contributed by atoms with van der Waals surface area (Å²) in [6, 6.07) is 12.6. The van der Waals surface area contributed by atoms with Crippen LogP contribution in [0.15, 0.2) is 36.4 Å². The molecule has 3 aromatic rings. The number of nitrogens with zero attached hydrogens (tertiary/aromatic N) is 2. The summed E-state index contributed by atoms with van der Waals surface area (Å²) < 4.78 is 7.12. The van der Waals surface area contributed by atoms with Crippen LogP contribution >= 0.6 is 0 Å². The second-order valence-electron chi connectivity index (χ2n) is 8.16. The summed E-state index contributed by atoms with van der Waals surface area (Å²) in [6.45, 7) is 13.0. The van der Waals surface area contributed by atoms with Gasteiger partial charge in [0.1, 0.15) is 23.7 Å². The van der Waals surface area contributed by atoms with E-state index in [-0.39, 0.29) is 17.9 Å². The minimum atomic E-state index is -0.281. The van der Waals surface area contributed by atoms with Gasteiger partial charge in [-0.25, -0.2) is 4.98 Å². The molecular formula is C23H29N3O2. The lowest BCUT2D eigenvalue weighted by molar-refractivity contribution is -0.140. The van der Waals surface area contributed by atoms with Crippen molar-refractivity contribution in [3.05, 3.63) is 53.2 Å². The van der Waals surface area contributed by atoms with E-state index in [2.05, 4.69) is 73.8 Å². The van der Waals surface area contributed by atoms with Gasteiger partial charge < -0.3 is 10.1 Å². The topological polar surface area (TPSA) is 55.6 Å². The van der Waals surface area contributed by atoms with Crippen LogP contribution in [0.2, 0.25) is 0 Å². The summed E-state index contributed by atoms with van der Waals surface area (Å²) in [4.78, 5) is 16.8. The van der Waals surface area contributed by atoms with Gasteiger partial charge in [-0.05, 0) is 49.4 Å². The quantitative estimate of drug-likeness (QED) is 0.641. The lowest BCUT2D eigenvalue weighted by atomic mass is 9.86. The molecule has 0 aliphatic carbocycles. The summed E-state index contributed by atoms with van der Waals surface area (Å²) in [5.41, 5.74) is 6.29. The van der Waals surface area contributed by atoms with E-state index >= 15 is 0 Å². The maximum atomic E-state index is 11.9. The van der Waals surface area contributed by atoms with Crippen molar-refractivity contribution < 1.29 is 9.53 Å². The Balaban J connectivity index is 2.09. The molecule has 28 heavy (non-hydrogen) atoms. The fraction of sp³-hybridized carbons (Fsp3) is 0.391. The Morgan fingerprint density at radius 2 is 1.82 bits per heavy atom. The number of carbonyl (C=O) groups is 1. The first-order chi connectivity index (χ1) is 13.2. The summed E-state index contributed by atoms with van der Waals surface area (Å²) >= 11 is 0. The van der Waals surface area contributed by atoms with E-state index in [0.29, 0.717) is 6.61 Å². The Morgan fingerprint density at radius 3 is 2.43 bits per heavy atom. The molecule has 0 aliphatic rings. The van der Waals surface area contributed by atoms with Crippen molar-refractivity contribution in [1.29, 1.82) is 0 Å². The van der Waals surface area contributed by atoms with Crippen LogP contribution in [-0.4, -0.2) is 28.5 Å². The number of ether oxygens (including phenoxy) is 1. The minimum Gasteiger partial charge on any atom is -0.465 e. The third kappa shape index (κ3) is 4.03. The second kappa shape index (κ2) is 7.66. The molecular weight excluding hydrogens is 350 g/mol. The maximum absolute atomic E-state index is 11.9. The molecule has 0 spiro atoms. The number of carbonyl (C=O) groups excluding carboxylic acids is 1. The van der Waals surface area contributed by atoms with Crippen molar-refractivity contribution >= 4 is 17.4 Å². The van der Waals surface area contributed by atoms with E-state index < -0.39 is 0 Å². The van der Waals surface area contributed by atoms with Gasteiger partial charge in [0.25, 0.3) is 0 Å². The molecule has 5 nitrogen and oxygen atoms in total. The molecule has 0 saturated heterocycles. The Morgan fingerprint density at radius 1 is 1.14 bits per heavy atom. The highest BCUT2D eigenvalue weighted by atomic mass is 16.5. The zero-order valence-electron chi connectivity index (χ0n) is 17.6. The average molecular weight is 380 g/mol. The number of esters is 1. The molecule has 0 saturated carbocycles. The minimum absolute atomic E-state index is 0.0934. The standard InChI is InChI=1S/C23H29N3O2/c1-7-28-20(27)14-24-22-21(17-8-10-18(11-9-17)23(4,5)6)25-19-13-15(2)12-16(3)26(19)22/h8-13,24H,7,14H2,1-6H3. The van der Waals surface area contributed by atoms with Crippen LogP contribution in [0, 0.1) is 13.8 Å². The molecule has 0 bridgehead atoms. The van der Waals surface area contributed by atoms with Crippen LogP contribution < -0.4 is 5.32 Å². The van der Waals surface area contributed by atoms with Crippen molar-refractivity contribution in [3.8, 4) is 11.3 Å². The van der Waals surface area contributed by atoms with Gasteiger partial charge in [0.05, 0.1) is 6.61 Å². The normalized spacial score (nSPS) is 11.6. The third-order valence-corrected chi connectivity index (χ3v) is 4.78. The highest BCUT2D eigenvalue weighted by molar-refractivity contribution is 5.81. The van der Waals surface area contributed by atoms with E-state index in [4.69, 9.17) is 9.72 Å². The Labute approximate surface area is 166 Å². The molecule has 0 unspecified atom stereocenters. The summed E-state index contributed by atoms with van der Waals surface area (Å²) in [7, 11) is 0. The monoisotopic (exact) mass is 379 g/mol. The summed E-state index contributed by atoms with van der Waals surface area (Å²) in [5, 5.41) is 3.25. The van der Waals surface area contributed by atoms with Gasteiger partial charge in [-0.1, -0.05) is 45.0 Å². The molecule has 2 heterocycles. The first-order valence-electron chi connectivity index (χ1n) is 9.71. The highest BCUT2D eigenvalue weighted by Crippen LogP contribution is 2.32. The largest absolute Gasteiger partial charge is 0.465 e. The number of fused-ring (bicyclic) bond motifs is 1. The molecule has 148 valence electrons. The number of hydrogen-bond acceptors (Lipinski definition) is 4. The predicted octanol–water partition coefficient (Wildman–Crippen LogP) is 4.89. The first kappa shape index (κ1) is 19.9. The number of imidazole rings is 1. The molecule has 0 amide bonds. The maximum Gasteiger partial charge on any atom is 0.325 e. The number of nitrogens with one attached hydrogen (secondary N) is 1. The van der Waals surface area contributed by atoms with Crippen molar-refractivity contribution in [2.24, 2.45) is 0 Å². The molecule has 0 atom stereocenters. The molecule has 0 fully saturated rings. The van der Waals surface area contributed by atoms with E-state index in [0.717, 1.165) is 34.0 Å². The fourth-order valence-electron chi connectivity index (χ4n) is 3.39. The molecule has 5 heteroatoms. The number of anilines is 1. The van der Waals surface area contributed by atoms with Crippen LogP contribution in [-0.2, 0) is 14.9 Å². The van der Waals surface area contributed by atoms with Gasteiger partial charge >= 0.3 is 5.97 Å². The van der Waals surface area contributed by atoms with Gasteiger partial charge in [-0.2, -0.15) is 0 Å². The Kier molecular flexibility index (Phi) is 5.45. The Hall–Kier alpha value is -2.82. The SMILES string of the molecule is CCOC(=O)CNc1c(-c2ccc(C(C)(C)C)cc2)nc2cc(C)cc(C)n12. The lowest BCUT2D eigenvalue weighted by Crippen LogP contribution is -2.18. The van der Waals surface area contributed by atoms with E-state index in [9.17, 15) is 4.79 Å². The van der Waals surface area contributed by atoms with Crippen molar-refractivity contribution in [3.63, 3.8) is 0 Å². The van der Waals surface area contributed by atoms with E-state index in [1.54, 1.807) is 6.92 Å². The van der Waals surface area contributed by atoms with Crippen molar-refractivity contribution in [1.82, 2.24) is 9.38 Å². The number of pyridine rings is 1. The lowest BCUT2D eigenvalue weighted by Gasteiger charge is -2.19. The highest BCUT2D eigenvalue weighted by Gasteiger charge is 2.18. The molecule has 1 aromatic carbocycles. The van der Waals surface area contributed by atoms with Crippen LogP contribution in [0.25, 0.3) is 16.9 Å². The number of benzene rings is 1. The molecule has 2 aromatic heterocycles. The second-order valence-corrected chi connectivity index (χ2v) is 8.16. The van der Waals surface area contributed by atoms with Gasteiger partial charge in [0.15, 0.2) is 0 Å². The predicted molar refractivity (Wildman–Crippen MR) is 114 cm³/mol. The molecule has 1 N–H and O–H groups in total. The third-order valence-electron chi connectivity index (χ3n) is 4.78. The number of aromatic nitrogens is 2. The average Bonchev–Trinajstić information content (AvgIpc) is 2.98. The van der Waals surface area contributed by atoms with Gasteiger partial charge in [-0.15, -0.1) is 0 Å². The van der Waals surface area contributed by atoms with Crippen molar-refractivity contribution in [2.75, 3.05) is 18.5 Å². The zero-order chi connectivity index (χ0) is 20.5. The van der Waals surface area contributed by atoms with Crippen LogP contribution in [0.1, 0.15) is 44.5 Å². The first-order valence-corrected chi connectivity index (χ1v) is 9.71. The van der Waals surface area contributed by atoms with Gasteiger partial charge in [0, 0.05) is 11.3 Å². The zero-order valence-corrected chi connectivity index (χ0v) is 17.6. The van der Waals surface area contributed by atoms with E-state index in [1.165, 1.54) is 5.56 Å². The summed E-state index contributed by atoms with van der Waals surface area (Å²) in [6.07, 6.45) is 0. The number of rotatable bonds is 5. The van der Waals surface area contributed by atoms with Crippen molar-refractivity contribution in [2.45, 2.75) is 47.0 Å². The van der Waals surface area contributed by atoms with Gasteiger partial charge in [0.2, 0.25) is 0 Å². The van der Waals surface area contributed by atoms with Crippen LogP contribution in [0.5, 0.6) is 0 Å². The van der Waals surface area contributed by atoms with Crippen LogP contribution in [0.4, 0.5) is 5.82 Å². The molecule has 0 aliphatic heterocycles. The number of hydrogen-bond donors (Lipinski definition) is 1. The van der Waals surface area contributed by atoms with Gasteiger partial charge in [-0.3, -0.25) is 9.20 Å². The molecule has 3 rings (SSSR count). The Bertz CT molecular complexity index is 995. The van der Waals surface area contributed by atoms with Crippen LogP contribution in [0.3, 0.4) is 0 Å². The molecule has 0 radical (unpaired) electrons. The number of aryl methyl sites for hydroxylation is 2. The van der Waals surface area contributed by atoms with E-state index in [1.807, 2.05) is 6.92 Å². The smallest absolute Gasteiger partial charge is 0.325 e. The fourth-order valence-corrected chi connectivity index (χ4v) is 3.39.